The van der Waals surface area contributed by atoms with Gasteiger partial charge in [0, 0.05) is 36.8 Å². The van der Waals surface area contributed by atoms with Crippen molar-refractivity contribution in [1.82, 2.24) is 24.6 Å². The van der Waals surface area contributed by atoms with E-state index >= 15 is 0 Å². The molecule has 5 rings (SSSR count). The molecule has 1 aliphatic heterocycles. The number of rotatable bonds is 7. The Kier molecular flexibility index (Phi) is 6.71. The predicted octanol–water partition coefficient (Wildman–Crippen LogP) is 6.25. The Morgan fingerprint density at radius 2 is 1.91 bits per heavy atom. The van der Waals surface area contributed by atoms with Gasteiger partial charge in [-0.25, -0.2) is 0 Å². The van der Waals surface area contributed by atoms with Crippen molar-refractivity contribution < 1.29 is 13.2 Å². The summed E-state index contributed by atoms with van der Waals surface area (Å²) in [7, 11) is 1.98. The number of thioether (sulfide) groups is 1. The van der Waals surface area contributed by atoms with Crippen LogP contribution in [0.25, 0.3) is 28.0 Å². The summed E-state index contributed by atoms with van der Waals surface area (Å²) in [5, 5.41) is 10.8. The van der Waals surface area contributed by atoms with Crippen LogP contribution in [-0.4, -0.2) is 50.0 Å². The van der Waals surface area contributed by atoms with Crippen LogP contribution < -0.4 is 0 Å². The summed E-state index contributed by atoms with van der Waals surface area (Å²) in [5.74, 6) is 1.73. The Bertz CT molecular complexity index is 1320. The molecule has 4 aromatic rings. The Morgan fingerprint density at radius 3 is 2.69 bits per heavy atom. The number of H-pyrrole nitrogens is 1. The second-order valence-electron chi connectivity index (χ2n) is 8.70. The van der Waals surface area contributed by atoms with Crippen molar-refractivity contribution in [3.8, 4) is 11.5 Å². The molecule has 9 heteroatoms. The van der Waals surface area contributed by atoms with Crippen molar-refractivity contribution in [2.75, 3.05) is 25.4 Å². The molecule has 0 saturated heterocycles. The summed E-state index contributed by atoms with van der Waals surface area (Å²) in [6.45, 7) is 2.54. The number of aromatic nitrogens is 4. The van der Waals surface area contributed by atoms with E-state index in [2.05, 4.69) is 38.3 Å². The number of para-hydroxylation sites is 1. The zero-order valence-electron chi connectivity index (χ0n) is 19.3. The Morgan fingerprint density at radius 1 is 1.06 bits per heavy atom. The summed E-state index contributed by atoms with van der Waals surface area (Å²) in [6, 6.07) is 15.8. The summed E-state index contributed by atoms with van der Waals surface area (Å²) in [5.41, 5.74) is 3.09. The third-order valence-corrected chi connectivity index (χ3v) is 7.42. The van der Waals surface area contributed by atoms with Crippen LogP contribution in [0.2, 0.25) is 0 Å². The van der Waals surface area contributed by atoms with Crippen LogP contribution in [0.4, 0.5) is 13.2 Å². The van der Waals surface area contributed by atoms with E-state index in [0.29, 0.717) is 5.56 Å². The minimum atomic E-state index is -4.31. The number of benzene rings is 2. The fourth-order valence-corrected chi connectivity index (χ4v) is 5.23. The molecule has 35 heavy (non-hydrogen) atoms. The molecule has 3 heterocycles. The van der Waals surface area contributed by atoms with Gasteiger partial charge in [-0.1, -0.05) is 48.2 Å². The summed E-state index contributed by atoms with van der Waals surface area (Å²) < 4.78 is 41.0. The van der Waals surface area contributed by atoms with E-state index in [0.717, 1.165) is 77.4 Å². The van der Waals surface area contributed by atoms with Crippen molar-refractivity contribution in [2.45, 2.75) is 24.2 Å². The average Bonchev–Trinajstić information content (AvgIpc) is 3.45. The first-order valence-electron chi connectivity index (χ1n) is 11.6. The number of halogens is 3. The largest absolute Gasteiger partial charge is 0.416 e. The Balaban J connectivity index is 1.12. The predicted molar refractivity (Wildman–Crippen MR) is 134 cm³/mol. The number of fused-ring (bicyclic) bond motifs is 1. The Labute approximate surface area is 206 Å². The molecule has 0 aliphatic carbocycles. The third kappa shape index (κ3) is 5.31. The zero-order valence-corrected chi connectivity index (χ0v) is 20.2. The SMILES string of the molecule is Cn1c(SCCCN2CC=C(c3cccc(C(F)(F)F)c3)CC2)nnc1-c1cc2ccccc2[nH]1. The number of hydrogen-bond acceptors (Lipinski definition) is 4. The molecule has 1 N–H and O–H groups in total. The first-order chi connectivity index (χ1) is 16.9. The minimum absolute atomic E-state index is 0.591. The highest BCUT2D eigenvalue weighted by molar-refractivity contribution is 7.99. The molecule has 0 atom stereocenters. The highest BCUT2D eigenvalue weighted by Gasteiger charge is 2.30. The quantitative estimate of drug-likeness (QED) is 0.242. The van der Waals surface area contributed by atoms with Gasteiger partial charge in [0.2, 0.25) is 0 Å². The normalized spacial score (nSPS) is 15.0. The monoisotopic (exact) mass is 497 g/mol. The lowest BCUT2D eigenvalue weighted by atomic mass is 9.97. The lowest BCUT2D eigenvalue weighted by Crippen LogP contribution is -2.29. The molecular formula is C26H26F3N5S. The van der Waals surface area contributed by atoms with Crippen molar-refractivity contribution in [2.24, 2.45) is 7.05 Å². The molecule has 2 aromatic heterocycles. The molecule has 0 radical (unpaired) electrons. The lowest BCUT2D eigenvalue weighted by molar-refractivity contribution is -0.137. The van der Waals surface area contributed by atoms with Gasteiger partial charge in [0.1, 0.15) is 0 Å². The molecule has 1 aliphatic rings. The molecule has 0 bridgehead atoms. The summed E-state index contributed by atoms with van der Waals surface area (Å²) in [6.07, 6.45) is -0.507. The third-order valence-electron chi connectivity index (χ3n) is 6.31. The molecule has 0 amide bonds. The van der Waals surface area contributed by atoms with Gasteiger partial charge in [-0.05, 0) is 54.8 Å². The van der Waals surface area contributed by atoms with Gasteiger partial charge in [0.15, 0.2) is 11.0 Å². The number of nitrogens with zero attached hydrogens (tertiary/aromatic N) is 4. The van der Waals surface area contributed by atoms with Crippen LogP contribution in [0.15, 0.2) is 65.8 Å². The lowest BCUT2D eigenvalue weighted by Gasteiger charge is -2.26. The van der Waals surface area contributed by atoms with Crippen LogP contribution in [0.3, 0.4) is 0 Å². The van der Waals surface area contributed by atoms with E-state index in [-0.39, 0.29) is 0 Å². The standard InChI is InChI=1S/C26H26F3N5S/c1-33-24(23-17-20-6-2-3-9-22(20)30-23)31-32-25(33)35-15-5-12-34-13-10-18(11-14-34)19-7-4-8-21(16-19)26(27,28)29/h2-4,6-10,16-17,30H,5,11-15H2,1H3. The van der Waals surface area contributed by atoms with Crippen LogP contribution in [-0.2, 0) is 13.2 Å². The van der Waals surface area contributed by atoms with E-state index in [1.165, 1.54) is 12.1 Å². The van der Waals surface area contributed by atoms with Crippen molar-refractivity contribution in [3.05, 3.63) is 71.8 Å². The number of aromatic amines is 1. The van der Waals surface area contributed by atoms with Crippen LogP contribution >= 0.6 is 11.8 Å². The molecule has 0 fully saturated rings. The molecule has 5 nitrogen and oxygen atoms in total. The van der Waals surface area contributed by atoms with Crippen molar-refractivity contribution >= 4 is 28.2 Å². The van der Waals surface area contributed by atoms with Gasteiger partial charge in [-0.15, -0.1) is 10.2 Å². The van der Waals surface area contributed by atoms with Crippen LogP contribution in [0.5, 0.6) is 0 Å². The fourth-order valence-electron chi connectivity index (χ4n) is 4.39. The van der Waals surface area contributed by atoms with Gasteiger partial charge in [0.25, 0.3) is 0 Å². The molecule has 0 saturated carbocycles. The zero-order chi connectivity index (χ0) is 24.4. The number of nitrogens with one attached hydrogen (secondary N) is 1. The van der Waals surface area contributed by atoms with Gasteiger partial charge in [0.05, 0.1) is 11.3 Å². The van der Waals surface area contributed by atoms with Gasteiger partial charge < -0.3 is 9.55 Å². The fraction of sp³-hybridized carbons (Fsp3) is 0.308. The molecule has 2 aromatic carbocycles. The van der Waals surface area contributed by atoms with Crippen molar-refractivity contribution in [3.63, 3.8) is 0 Å². The highest BCUT2D eigenvalue weighted by atomic mass is 32.2. The van der Waals surface area contributed by atoms with Gasteiger partial charge in [-0.2, -0.15) is 13.2 Å². The first-order valence-corrected chi connectivity index (χ1v) is 12.6. The maximum atomic E-state index is 13.0. The number of alkyl halides is 3. The molecule has 0 spiro atoms. The van der Waals surface area contributed by atoms with Crippen LogP contribution in [0.1, 0.15) is 24.0 Å². The second kappa shape index (κ2) is 9.91. The van der Waals surface area contributed by atoms with E-state index in [1.807, 2.05) is 29.8 Å². The van der Waals surface area contributed by atoms with Crippen LogP contribution in [0, 0.1) is 0 Å². The second-order valence-corrected chi connectivity index (χ2v) is 9.76. The molecular weight excluding hydrogens is 471 g/mol. The van der Waals surface area contributed by atoms with Gasteiger partial charge in [-0.3, -0.25) is 4.90 Å². The van der Waals surface area contributed by atoms with E-state index in [4.69, 9.17) is 0 Å². The number of hydrogen-bond donors (Lipinski definition) is 1. The van der Waals surface area contributed by atoms with E-state index in [9.17, 15) is 13.2 Å². The minimum Gasteiger partial charge on any atom is -0.352 e. The molecule has 0 unspecified atom stereocenters. The Hall–Kier alpha value is -3.04. The first kappa shape index (κ1) is 23.7. The molecule has 182 valence electrons. The van der Waals surface area contributed by atoms with E-state index < -0.39 is 11.7 Å². The average molecular weight is 498 g/mol. The smallest absolute Gasteiger partial charge is 0.352 e. The summed E-state index contributed by atoms with van der Waals surface area (Å²) in [4.78, 5) is 5.74. The maximum absolute atomic E-state index is 13.0. The van der Waals surface area contributed by atoms with Crippen molar-refractivity contribution in [1.29, 1.82) is 0 Å². The maximum Gasteiger partial charge on any atom is 0.416 e. The topological polar surface area (TPSA) is 49.7 Å². The summed E-state index contributed by atoms with van der Waals surface area (Å²) >= 11 is 1.69. The van der Waals surface area contributed by atoms with E-state index in [1.54, 1.807) is 17.8 Å². The van der Waals surface area contributed by atoms with Gasteiger partial charge >= 0.3 is 6.18 Å². The highest BCUT2D eigenvalue weighted by Crippen LogP contribution is 2.32.